The van der Waals surface area contributed by atoms with Crippen molar-refractivity contribution < 1.29 is 14.3 Å². The van der Waals surface area contributed by atoms with Crippen molar-refractivity contribution in [1.82, 2.24) is 10.2 Å². The van der Waals surface area contributed by atoms with E-state index in [9.17, 15) is 9.59 Å². The molecule has 3 aromatic rings. The third-order valence-electron chi connectivity index (χ3n) is 6.15. The number of hydrogen-bond acceptors (Lipinski definition) is 3. The number of amides is 2. The summed E-state index contributed by atoms with van der Waals surface area (Å²) < 4.78 is 5.40. The van der Waals surface area contributed by atoms with Gasteiger partial charge in [-0.1, -0.05) is 73.2 Å². The predicted molar refractivity (Wildman–Crippen MR) is 140 cm³/mol. The Kier molecular flexibility index (Phi) is 9.47. The monoisotopic (exact) mass is 472 g/mol. The summed E-state index contributed by atoms with van der Waals surface area (Å²) in [6.45, 7) is 6.95. The van der Waals surface area contributed by atoms with Crippen molar-refractivity contribution in [3.8, 4) is 5.75 Å². The van der Waals surface area contributed by atoms with Crippen LogP contribution in [-0.2, 0) is 29.0 Å². The van der Waals surface area contributed by atoms with Crippen molar-refractivity contribution in [3.63, 3.8) is 0 Å². The second kappa shape index (κ2) is 12.7. The van der Waals surface area contributed by atoms with Gasteiger partial charge in [-0.3, -0.25) is 9.59 Å². The molecule has 0 spiro atoms. The first-order valence-corrected chi connectivity index (χ1v) is 12.2. The number of rotatable bonds is 11. The van der Waals surface area contributed by atoms with Crippen LogP contribution in [-0.4, -0.2) is 36.4 Å². The number of aryl methyl sites for hydroxylation is 2. The van der Waals surface area contributed by atoms with Gasteiger partial charge in [0.05, 0.1) is 13.5 Å². The lowest BCUT2D eigenvalue weighted by atomic mass is 9.99. The molecule has 0 aliphatic carbocycles. The lowest BCUT2D eigenvalue weighted by Gasteiger charge is -2.32. The zero-order chi connectivity index (χ0) is 25.2. The van der Waals surface area contributed by atoms with E-state index in [-0.39, 0.29) is 18.2 Å². The summed E-state index contributed by atoms with van der Waals surface area (Å²) in [6.07, 6.45) is 1.51. The molecule has 0 aliphatic rings. The number of benzene rings is 3. The van der Waals surface area contributed by atoms with Crippen molar-refractivity contribution in [2.24, 2.45) is 0 Å². The van der Waals surface area contributed by atoms with Gasteiger partial charge in [0.2, 0.25) is 11.8 Å². The molecule has 0 saturated heterocycles. The topological polar surface area (TPSA) is 58.6 Å². The van der Waals surface area contributed by atoms with Crippen molar-refractivity contribution in [2.75, 3.05) is 13.7 Å². The lowest BCUT2D eigenvalue weighted by Crippen LogP contribution is -2.51. The van der Waals surface area contributed by atoms with Gasteiger partial charge in [-0.2, -0.15) is 0 Å². The van der Waals surface area contributed by atoms with Gasteiger partial charge >= 0.3 is 0 Å². The molecule has 0 radical (unpaired) electrons. The van der Waals surface area contributed by atoms with Gasteiger partial charge in [-0.25, -0.2) is 0 Å². The fourth-order valence-electron chi connectivity index (χ4n) is 4.14. The largest absolute Gasteiger partial charge is 0.497 e. The summed E-state index contributed by atoms with van der Waals surface area (Å²) in [7, 11) is 1.62. The molecule has 2 amide bonds. The molecule has 0 fully saturated rings. The minimum atomic E-state index is -0.632. The Morgan fingerprint density at radius 2 is 1.69 bits per heavy atom. The highest BCUT2D eigenvalue weighted by atomic mass is 16.5. The standard InChI is InChI=1S/C30H36N2O3/c1-5-16-31-30(34)28(19-24-10-7-6-8-11-24)32(21-25-12-9-13-27(18-25)35-4)29(33)20-26-17-22(2)14-15-23(26)3/h6-15,17-18,28H,5,16,19-21H2,1-4H3,(H,31,34)/t28-/m1/s1. The molecule has 5 nitrogen and oxygen atoms in total. The summed E-state index contributed by atoms with van der Waals surface area (Å²) in [4.78, 5) is 29.0. The molecule has 0 aromatic heterocycles. The summed E-state index contributed by atoms with van der Waals surface area (Å²) in [6, 6.07) is 23.0. The summed E-state index contributed by atoms with van der Waals surface area (Å²) >= 11 is 0. The lowest BCUT2D eigenvalue weighted by molar-refractivity contribution is -0.140. The highest BCUT2D eigenvalue weighted by molar-refractivity contribution is 5.89. The maximum atomic E-state index is 13.9. The minimum Gasteiger partial charge on any atom is -0.497 e. The van der Waals surface area contributed by atoms with Crippen LogP contribution >= 0.6 is 0 Å². The Labute approximate surface area is 209 Å². The van der Waals surface area contributed by atoms with Crippen LogP contribution in [0.1, 0.15) is 41.2 Å². The van der Waals surface area contributed by atoms with E-state index in [0.29, 0.717) is 19.5 Å². The average molecular weight is 473 g/mol. The first kappa shape index (κ1) is 26.0. The van der Waals surface area contributed by atoms with Gasteiger partial charge in [0.25, 0.3) is 0 Å². The Hall–Kier alpha value is -3.60. The number of methoxy groups -OCH3 is 1. The van der Waals surface area contributed by atoms with Gasteiger partial charge in [0, 0.05) is 19.5 Å². The van der Waals surface area contributed by atoms with Gasteiger partial charge in [-0.05, 0) is 54.7 Å². The first-order valence-electron chi connectivity index (χ1n) is 12.2. The highest BCUT2D eigenvalue weighted by Crippen LogP contribution is 2.20. The molecule has 35 heavy (non-hydrogen) atoms. The Balaban J connectivity index is 1.99. The number of hydrogen-bond donors (Lipinski definition) is 1. The molecule has 0 saturated carbocycles. The maximum Gasteiger partial charge on any atom is 0.243 e. The molecular formula is C30H36N2O3. The van der Waals surface area contributed by atoms with E-state index < -0.39 is 6.04 Å². The molecule has 184 valence electrons. The fraction of sp³-hybridized carbons (Fsp3) is 0.333. The van der Waals surface area contributed by atoms with Crippen LogP contribution in [0.25, 0.3) is 0 Å². The number of ether oxygens (including phenoxy) is 1. The average Bonchev–Trinajstić information content (AvgIpc) is 2.87. The van der Waals surface area contributed by atoms with Crippen molar-refractivity contribution in [3.05, 3.63) is 101 Å². The van der Waals surface area contributed by atoms with Crippen molar-refractivity contribution in [2.45, 2.75) is 52.6 Å². The molecule has 0 aliphatic heterocycles. The van der Waals surface area contributed by atoms with Crippen LogP contribution in [0.5, 0.6) is 5.75 Å². The summed E-state index contributed by atoms with van der Waals surface area (Å²) in [5, 5.41) is 3.02. The quantitative estimate of drug-likeness (QED) is 0.426. The van der Waals surface area contributed by atoms with Crippen LogP contribution in [0, 0.1) is 13.8 Å². The Bertz CT molecular complexity index is 1130. The molecule has 0 heterocycles. The van der Waals surface area contributed by atoms with E-state index in [0.717, 1.165) is 40.0 Å². The van der Waals surface area contributed by atoms with Gasteiger partial charge in [0.15, 0.2) is 0 Å². The van der Waals surface area contributed by atoms with Crippen LogP contribution < -0.4 is 10.1 Å². The number of carbonyl (C=O) groups excluding carboxylic acids is 2. The maximum absolute atomic E-state index is 13.9. The fourth-order valence-corrected chi connectivity index (χ4v) is 4.14. The zero-order valence-electron chi connectivity index (χ0n) is 21.2. The second-order valence-corrected chi connectivity index (χ2v) is 8.98. The van der Waals surface area contributed by atoms with Crippen LogP contribution in [0.3, 0.4) is 0 Å². The van der Waals surface area contributed by atoms with E-state index in [2.05, 4.69) is 11.4 Å². The predicted octanol–water partition coefficient (Wildman–Crippen LogP) is 5.02. The Morgan fingerprint density at radius 3 is 2.40 bits per heavy atom. The van der Waals surface area contributed by atoms with Crippen LogP contribution in [0.4, 0.5) is 0 Å². The number of nitrogens with zero attached hydrogens (tertiary/aromatic N) is 1. The molecule has 1 atom stereocenters. The van der Waals surface area contributed by atoms with E-state index >= 15 is 0 Å². The van der Waals surface area contributed by atoms with E-state index in [1.54, 1.807) is 12.0 Å². The zero-order valence-corrected chi connectivity index (χ0v) is 21.2. The highest BCUT2D eigenvalue weighted by Gasteiger charge is 2.30. The molecule has 0 bridgehead atoms. The second-order valence-electron chi connectivity index (χ2n) is 8.98. The van der Waals surface area contributed by atoms with Crippen LogP contribution in [0.2, 0.25) is 0 Å². The van der Waals surface area contributed by atoms with Gasteiger partial charge in [-0.15, -0.1) is 0 Å². The summed E-state index contributed by atoms with van der Waals surface area (Å²) in [5.74, 6) is 0.515. The summed E-state index contributed by atoms with van der Waals surface area (Å²) in [5.41, 5.74) is 5.09. The molecule has 1 N–H and O–H groups in total. The van der Waals surface area contributed by atoms with Gasteiger partial charge in [0.1, 0.15) is 11.8 Å². The molecule has 5 heteroatoms. The third kappa shape index (κ3) is 7.44. The van der Waals surface area contributed by atoms with E-state index in [4.69, 9.17) is 4.74 Å². The third-order valence-corrected chi connectivity index (χ3v) is 6.15. The molecular weight excluding hydrogens is 436 g/mol. The molecule has 0 unspecified atom stereocenters. The SMILES string of the molecule is CCCNC(=O)[C@@H](Cc1ccccc1)N(Cc1cccc(OC)c1)C(=O)Cc1cc(C)ccc1C. The van der Waals surface area contributed by atoms with E-state index in [1.807, 2.05) is 87.5 Å². The Morgan fingerprint density at radius 1 is 0.943 bits per heavy atom. The van der Waals surface area contributed by atoms with Gasteiger partial charge < -0.3 is 15.0 Å². The number of carbonyl (C=O) groups is 2. The first-order chi connectivity index (χ1) is 16.9. The van der Waals surface area contributed by atoms with Crippen molar-refractivity contribution in [1.29, 1.82) is 0 Å². The normalized spacial score (nSPS) is 11.5. The molecule has 3 aromatic carbocycles. The van der Waals surface area contributed by atoms with Crippen LogP contribution in [0.15, 0.2) is 72.8 Å². The molecule has 3 rings (SSSR count). The van der Waals surface area contributed by atoms with E-state index in [1.165, 1.54) is 0 Å². The van der Waals surface area contributed by atoms with Crippen molar-refractivity contribution >= 4 is 11.8 Å². The smallest absolute Gasteiger partial charge is 0.243 e. The number of nitrogens with one attached hydrogen (secondary N) is 1. The minimum absolute atomic E-state index is 0.0749.